The van der Waals surface area contributed by atoms with Gasteiger partial charge in [0.05, 0.1) is 13.2 Å². The molecule has 3 rings (SSSR count). The van der Waals surface area contributed by atoms with Crippen molar-refractivity contribution < 1.29 is 9.53 Å². The first kappa shape index (κ1) is 18.4. The third-order valence-corrected chi connectivity index (χ3v) is 4.51. The highest BCUT2D eigenvalue weighted by atomic mass is 35.5. The van der Waals surface area contributed by atoms with E-state index < -0.39 is 0 Å². The molecule has 1 aliphatic heterocycles. The fourth-order valence-corrected chi connectivity index (χ4v) is 3.00. The number of hydrogen-bond donors (Lipinski definition) is 1. The van der Waals surface area contributed by atoms with E-state index in [1.807, 2.05) is 23.1 Å². The van der Waals surface area contributed by atoms with Crippen molar-refractivity contribution >= 4 is 23.5 Å². The molecule has 26 heavy (non-hydrogen) atoms. The molecule has 1 aromatic carbocycles. The van der Waals surface area contributed by atoms with Crippen LogP contribution in [0.3, 0.4) is 0 Å². The lowest BCUT2D eigenvalue weighted by molar-refractivity contribution is -0.121. The molecular weight excluding hydrogens is 356 g/mol. The van der Waals surface area contributed by atoms with Crippen LogP contribution < -0.4 is 15.8 Å². The summed E-state index contributed by atoms with van der Waals surface area (Å²) >= 11 is 6.10. The number of benzene rings is 1. The average molecular weight is 377 g/mol. The van der Waals surface area contributed by atoms with Crippen LogP contribution in [0.4, 0.5) is 5.95 Å². The zero-order chi connectivity index (χ0) is 18.5. The summed E-state index contributed by atoms with van der Waals surface area (Å²) in [7, 11) is 0. The molecule has 0 atom stereocenters. The van der Waals surface area contributed by atoms with Crippen molar-refractivity contribution in [2.45, 2.75) is 20.0 Å². The highest BCUT2D eigenvalue weighted by Gasteiger charge is 2.19. The zero-order valence-electron chi connectivity index (χ0n) is 14.6. The smallest absolute Gasteiger partial charge is 0.255 e. The van der Waals surface area contributed by atoms with Gasteiger partial charge in [0.2, 0.25) is 11.9 Å². The van der Waals surface area contributed by atoms with Crippen LogP contribution in [0.1, 0.15) is 11.3 Å². The molecule has 7 nitrogen and oxygen atoms in total. The average Bonchev–Trinajstić information content (AvgIpc) is 2.64. The standard InChI is InChI=1S/C18H21ClN4O3/c1-13-10-17(25)23(18(21-13)22-6-8-26-9-7-22)12-16(24)20-11-14-4-2-3-5-15(14)19/h2-5,10H,6-9,11-12H2,1H3,(H,20,24). The van der Waals surface area contributed by atoms with Crippen molar-refractivity contribution in [3.8, 4) is 0 Å². The summed E-state index contributed by atoms with van der Waals surface area (Å²) in [5, 5.41) is 3.40. The second-order valence-corrected chi connectivity index (χ2v) is 6.50. The molecule has 138 valence electrons. The maximum atomic E-state index is 12.4. The van der Waals surface area contributed by atoms with Crippen molar-refractivity contribution in [3.05, 3.63) is 57.0 Å². The quantitative estimate of drug-likeness (QED) is 0.852. The SMILES string of the molecule is Cc1cc(=O)n(CC(=O)NCc2ccccc2Cl)c(N2CCOCC2)n1. The van der Waals surface area contributed by atoms with E-state index in [0.717, 1.165) is 5.56 Å². The molecule has 1 aromatic heterocycles. The second kappa shape index (κ2) is 8.33. The van der Waals surface area contributed by atoms with Crippen LogP contribution in [0.2, 0.25) is 5.02 Å². The van der Waals surface area contributed by atoms with Gasteiger partial charge >= 0.3 is 0 Å². The fraction of sp³-hybridized carbons (Fsp3) is 0.389. The van der Waals surface area contributed by atoms with Gasteiger partial charge in [-0.05, 0) is 18.6 Å². The van der Waals surface area contributed by atoms with Crippen molar-refractivity contribution in [2.24, 2.45) is 0 Å². The molecule has 2 heterocycles. The number of aromatic nitrogens is 2. The number of hydrogen-bond acceptors (Lipinski definition) is 5. The monoisotopic (exact) mass is 376 g/mol. The summed E-state index contributed by atoms with van der Waals surface area (Å²) in [4.78, 5) is 31.3. The zero-order valence-corrected chi connectivity index (χ0v) is 15.3. The highest BCUT2D eigenvalue weighted by molar-refractivity contribution is 6.31. The number of nitrogens with zero attached hydrogens (tertiary/aromatic N) is 3. The Balaban J connectivity index is 1.75. The summed E-state index contributed by atoms with van der Waals surface area (Å²) in [6.07, 6.45) is 0. The number of ether oxygens (including phenoxy) is 1. The molecule has 0 bridgehead atoms. The van der Waals surface area contributed by atoms with Crippen LogP contribution in [0.15, 0.2) is 35.1 Å². The van der Waals surface area contributed by atoms with Gasteiger partial charge in [0.1, 0.15) is 6.54 Å². The van der Waals surface area contributed by atoms with Crippen LogP contribution in [0, 0.1) is 6.92 Å². The third-order valence-electron chi connectivity index (χ3n) is 4.15. The van der Waals surface area contributed by atoms with Crippen LogP contribution >= 0.6 is 11.6 Å². The number of carbonyl (C=O) groups excluding carboxylic acids is 1. The van der Waals surface area contributed by atoms with E-state index in [-0.39, 0.29) is 18.0 Å². The number of carbonyl (C=O) groups is 1. The molecule has 0 aliphatic carbocycles. The molecule has 2 aromatic rings. The molecule has 0 radical (unpaired) electrons. The molecule has 0 unspecified atom stereocenters. The van der Waals surface area contributed by atoms with Gasteiger partial charge in [0, 0.05) is 36.4 Å². The Bertz CT molecular complexity index is 847. The molecule has 0 spiro atoms. The van der Waals surface area contributed by atoms with E-state index >= 15 is 0 Å². The van der Waals surface area contributed by atoms with Crippen molar-refractivity contribution in [3.63, 3.8) is 0 Å². The lowest BCUT2D eigenvalue weighted by atomic mass is 10.2. The molecular formula is C18H21ClN4O3. The van der Waals surface area contributed by atoms with Gasteiger partial charge in [0.25, 0.3) is 5.56 Å². The largest absolute Gasteiger partial charge is 0.378 e. The van der Waals surface area contributed by atoms with E-state index in [0.29, 0.717) is 49.5 Å². The predicted octanol–water partition coefficient (Wildman–Crippen LogP) is 1.36. The van der Waals surface area contributed by atoms with E-state index in [1.54, 1.807) is 13.0 Å². The number of aryl methyl sites for hydroxylation is 1. The number of amides is 1. The molecule has 8 heteroatoms. The predicted molar refractivity (Wildman–Crippen MR) is 99.6 cm³/mol. The third kappa shape index (κ3) is 4.42. The van der Waals surface area contributed by atoms with Gasteiger partial charge in [-0.3, -0.25) is 14.2 Å². The Morgan fingerprint density at radius 2 is 2.04 bits per heavy atom. The van der Waals surface area contributed by atoms with Crippen LogP contribution in [-0.2, 0) is 22.6 Å². The van der Waals surface area contributed by atoms with Crippen LogP contribution in [0.5, 0.6) is 0 Å². The number of morpholine rings is 1. The number of halogens is 1. The minimum absolute atomic E-state index is 0.0940. The molecule has 1 saturated heterocycles. The van der Waals surface area contributed by atoms with Gasteiger partial charge in [-0.2, -0.15) is 0 Å². The van der Waals surface area contributed by atoms with E-state index in [1.165, 1.54) is 10.6 Å². The number of anilines is 1. The summed E-state index contributed by atoms with van der Waals surface area (Å²) in [5.41, 5.74) is 1.21. The summed E-state index contributed by atoms with van der Waals surface area (Å²) < 4.78 is 6.76. The first-order chi connectivity index (χ1) is 12.5. The van der Waals surface area contributed by atoms with Gasteiger partial charge in [0.15, 0.2) is 0 Å². The van der Waals surface area contributed by atoms with Crippen LogP contribution in [-0.4, -0.2) is 41.8 Å². The van der Waals surface area contributed by atoms with Gasteiger partial charge in [-0.25, -0.2) is 4.98 Å². The topological polar surface area (TPSA) is 76.5 Å². The van der Waals surface area contributed by atoms with Crippen LogP contribution in [0.25, 0.3) is 0 Å². The van der Waals surface area contributed by atoms with Gasteiger partial charge in [-0.15, -0.1) is 0 Å². The molecule has 1 aliphatic rings. The fourth-order valence-electron chi connectivity index (χ4n) is 2.79. The summed E-state index contributed by atoms with van der Waals surface area (Å²) in [6.45, 7) is 4.40. The summed E-state index contributed by atoms with van der Waals surface area (Å²) in [6, 6.07) is 8.75. The minimum atomic E-state index is -0.271. The Kier molecular flexibility index (Phi) is 5.90. The Labute approximate surface area is 156 Å². The van der Waals surface area contributed by atoms with E-state index in [2.05, 4.69) is 10.3 Å². The minimum Gasteiger partial charge on any atom is -0.378 e. The first-order valence-corrected chi connectivity index (χ1v) is 8.83. The number of nitrogens with one attached hydrogen (secondary N) is 1. The second-order valence-electron chi connectivity index (χ2n) is 6.09. The first-order valence-electron chi connectivity index (χ1n) is 8.46. The van der Waals surface area contributed by atoms with Crippen molar-refractivity contribution in [2.75, 3.05) is 31.2 Å². The highest BCUT2D eigenvalue weighted by Crippen LogP contribution is 2.15. The lowest BCUT2D eigenvalue weighted by Crippen LogP contribution is -2.42. The lowest BCUT2D eigenvalue weighted by Gasteiger charge is -2.29. The van der Waals surface area contributed by atoms with Crippen molar-refractivity contribution in [1.82, 2.24) is 14.9 Å². The maximum absolute atomic E-state index is 12.4. The Morgan fingerprint density at radius 1 is 1.31 bits per heavy atom. The Morgan fingerprint density at radius 3 is 2.77 bits per heavy atom. The molecule has 1 amide bonds. The number of rotatable bonds is 5. The molecule has 1 fully saturated rings. The summed E-state index contributed by atoms with van der Waals surface area (Å²) in [5.74, 6) is 0.235. The molecule has 1 N–H and O–H groups in total. The molecule has 0 saturated carbocycles. The van der Waals surface area contributed by atoms with Gasteiger partial charge in [-0.1, -0.05) is 29.8 Å². The Hall–Kier alpha value is -2.38. The van der Waals surface area contributed by atoms with E-state index in [9.17, 15) is 9.59 Å². The van der Waals surface area contributed by atoms with Crippen molar-refractivity contribution in [1.29, 1.82) is 0 Å². The normalized spacial score (nSPS) is 14.3. The van der Waals surface area contributed by atoms with E-state index in [4.69, 9.17) is 16.3 Å². The maximum Gasteiger partial charge on any atom is 0.255 e. The van der Waals surface area contributed by atoms with Gasteiger partial charge < -0.3 is 15.0 Å².